The second-order valence-electron chi connectivity index (χ2n) is 3.25. The molecule has 0 aromatic heterocycles. The van der Waals surface area contributed by atoms with Crippen LogP contribution in [0, 0.1) is 0 Å². The molecule has 0 unspecified atom stereocenters. The molecule has 2 heteroatoms. The summed E-state index contributed by atoms with van der Waals surface area (Å²) >= 11 is 0. The minimum Gasteiger partial charge on any atom is -0.330 e. The van der Waals surface area contributed by atoms with Gasteiger partial charge in [0.15, 0.2) is 0 Å². The molecule has 3 N–H and O–H groups in total. The van der Waals surface area contributed by atoms with Gasteiger partial charge in [-0.3, -0.25) is 0 Å². The van der Waals surface area contributed by atoms with Crippen molar-refractivity contribution in [2.24, 2.45) is 5.73 Å². The van der Waals surface area contributed by atoms with Crippen LogP contribution in [-0.4, -0.2) is 19.6 Å². The molecule has 0 atom stereocenters. The zero-order valence-corrected chi connectivity index (χ0v) is 9.73. The Morgan fingerprint density at radius 2 is 1.46 bits per heavy atom. The van der Waals surface area contributed by atoms with E-state index in [9.17, 15) is 0 Å². The van der Waals surface area contributed by atoms with Crippen LogP contribution in [0.15, 0.2) is 0 Å². The molecule has 0 radical (unpaired) electrons. The third-order valence-corrected chi connectivity index (χ3v) is 1.69. The van der Waals surface area contributed by atoms with Crippen LogP contribution in [0.25, 0.3) is 0 Å². The van der Waals surface area contributed by atoms with Gasteiger partial charge in [0, 0.05) is 0 Å². The van der Waals surface area contributed by atoms with Gasteiger partial charge in [0.2, 0.25) is 0 Å². The van der Waals surface area contributed by atoms with Crippen LogP contribution in [0.3, 0.4) is 0 Å². The fraction of sp³-hybridized carbons (Fsp3) is 1.00. The number of hydrogen-bond donors (Lipinski definition) is 2. The zero-order chi connectivity index (χ0) is 10.4. The molecule has 0 saturated heterocycles. The standard InChI is InChI=1S/C7H17N.C4H11N/c1-3-5-7-8-6-4-2;1-2-3-4-5/h8H,3-7H2,1-2H3;2-5H2,1H3. The van der Waals surface area contributed by atoms with Crippen molar-refractivity contribution < 1.29 is 0 Å². The van der Waals surface area contributed by atoms with Crippen LogP contribution in [0.1, 0.15) is 52.9 Å². The van der Waals surface area contributed by atoms with Crippen LogP contribution in [-0.2, 0) is 0 Å². The molecule has 0 fully saturated rings. The Labute approximate surface area is 84.3 Å². The van der Waals surface area contributed by atoms with E-state index in [1.807, 2.05) is 0 Å². The van der Waals surface area contributed by atoms with Crippen molar-refractivity contribution in [1.29, 1.82) is 0 Å². The third-order valence-electron chi connectivity index (χ3n) is 1.69. The summed E-state index contributed by atoms with van der Waals surface area (Å²) < 4.78 is 0. The van der Waals surface area contributed by atoms with E-state index in [4.69, 9.17) is 5.73 Å². The predicted octanol–water partition coefficient (Wildman–Crippen LogP) is 2.53. The number of nitrogens with one attached hydrogen (secondary N) is 1. The first-order chi connectivity index (χ1) is 6.33. The first-order valence-corrected chi connectivity index (χ1v) is 5.74. The van der Waals surface area contributed by atoms with Crippen molar-refractivity contribution in [2.75, 3.05) is 19.6 Å². The highest BCUT2D eigenvalue weighted by Crippen LogP contribution is 1.81. The number of hydrogen-bond acceptors (Lipinski definition) is 2. The van der Waals surface area contributed by atoms with Gasteiger partial charge in [-0.15, -0.1) is 0 Å². The fourth-order valence-corrected chi connectivity index (χ4v) is 0.808. The Bertz CT molecular complexity index is 57.1. The van der Waals surface area contributed by atoms with E-state index in [1.165, 1.54) is 45.2 Å². The van der Waals surface area contributed by atoms with Gasteiger partial charge in [0.1, 0.15) is 0 Å². The number of rotatable bonds is 7. The summed E-state index contributed by atoms with van der Waals surface area (Å²) in [5, 5.41) is 3.34. The molecule has 0 aromatic rings. The normalized spacial score (nSPS) is 9.23. The van der Waals surface area contributed by atoms with E-state index >= 15 is 0 Å². The van der Waals surface area contributed by atoms with Gasteiger partial charge in [-0.25, -0.2) is 0 Å². The van der Waals surface area contributed by atoms with Crippen LogP contribution in [0.5, 0.6) is 0 Å². The first-order valence-electron chi connectivity index (χ1n) is 5.74. The average Bonchev–Trinajstić information content (AvgIpc) is 2.15. The molecule has 2 nitrogen and oxygen atoms in total. The Morgan fingerprint density at radius 1 is 0.846 bits per heavy atom. The van der Waals surface area contributed by atoms with Gasteiger partial charge in [0.05, 0.1) is 0 Å². The van der Waals surface area contributed by atoms with Gasteiger partial charge < -0.3 is 11.1 Å². The third kappa shape index (κ3) is 24.5. The van der Waals surface area contributed by atoms with Gasteiger partial charge in [-0.2, -0.15) is 0 Å². The lowest BCUT2D eigenvalue weighted by Gasteiger charge is -1.98. The maximum Gasteiger partial charge on any atom is -0.00490 e. The second kappa shape index (κ2) is 17.9. The van der Waals surface area contributed by atoms with Crippen LogP contribution in [0.2, 0.25) is 0 Å². The predicted molar refractivity (Wildman–Crippen MR) is 62.0 cm³/mol. The van der Waals surface area contributed by atoms with Crippen molar-refractivity contribution in [3.05, 3.63) is 0 Å². The molecule has 0 bridgehead atoms. The summed E-state index contributed by atoms with van der Waals surface area (Å²) in [6, 6.07) is 0. The summed E-state index contributed by atoms with van der Waals surface area (Å²) in [6.45, 7) is 9.76. The second-order valence-corrected chi connectivity index (χ2v) is 3.25. The molecular formula is C11H28N2. The van der Waals surface area contributed by atoms with Crippen LogP contribution < -0.4 is 11.1 Å². The van der Waals surface area contributed by atoms with E-state index in [2.05, 4.69) is 26.1 Å². The molecule has 0 amide bonds. The Hall–Kier alpha value is -0.0800. The quantitative estimate of drug-likeness (QED) is 0.603. The molecule has 0 aromatic carbocycles. The van der Waals surface area contributed by atoms with Crippen LogP contribution >= 0.6 is 0 Å². The zero-order valence-electron chi connectivity index (χ0n) is 9.73. The topological polar surface area (TPSA) is 38.0 Å². The van der Waals surface area contributed by atoms with Crippen molar-refractivity contribution in [3.8, 4) is 0 Å². The summed E-state index contributed by atoms with van der Waals surface area (Å²) in [5.74, 6) is 0. The minimum absolute atomic E-state index is 0.844. The molecule has 0 aliphatic heterocycles. The Kier molecular flexibility index (Phi) is 21.2. The lowest BCUT2D eigenvalue weighted by Crippen LogP contribution is -2.15. The molecule has 0 spiro atoms. The molecule has 0 saturated carbocycles. The van der Waals surface area contributed by atoms with Crippen molar-refractivity contribution in [1.82, 2.24) is 5.32 Å². The molecule has 13 heavy (non-hydrogen) atoms. The lowest BCUT2D eigenvalue weighted by atomic mass is 10.3. The highest BCUT2D eigenvalue weighted by atomic mass is 14.8. The van der Waals surface area contributed by atoms with E-state index < -0.39 is 0 Å². The van der Waals surface area contributed by atoms with Gasteiger partial charge in [-0.1, -0.05) is 33.6 Å². The molecule has 82 valence electrons. The van der Waals surface area contributed by atoms with Crippen molar-refractivity contribution >= 4 is 0 Å². The summed E-state index contributed by atoms with van der Waals surface area (Å²) in [6.07, 6.45) is 6.26. The largest absolute Gasteiger partial charge is 0.330 e. The maximum atomic E-state index is 5.14. The van der Waals surface area contributed by atoms with Gasteiger partial charge in [-0.05, 0) is 38.9 Å². The monoisotopic (exact) mass is 188 g/mol. The number of nitrogens with two attached hydrogens (primary N) is 1. The van der Waals surface area contributed by atoms with Gasteiger partial charge in [0.25, 0.3) is 0 Å². The minimum atomic E-state index is 0.844. The highest BCUT2D eigenvalue weighted by Gasteiger charge is 1.80. The van der Waals surface area contributed by atoms with Crippen LogP contribution in [0.4, 0.5) is 0 Å². The lowest BCUT2D eigenvalue weighted by molar-refractivity contribution is 0.633. The highest BCUT2D eigenvalue weighted by molar-refractivity contribution is 4.43. The van der Waals surface area contributed by atoms with Crippen molar-refractivity contribution in [3.63, 3.8) is 0 Å². The first kappa shape index (κ1) is 15.4. The van der Waals surface area contributed by atoms with Gasteiger partial charge >= 0.3 is 0 Å². The summed E-state index contributed by atoms with van der Waals surface area (Å²) in [5.41, 5.74) is 5.14. The molecular weight excluding hydrogens is 160 g/mol. The number of unbranched alkanes of at least 4 members (excludes halogenated alkanes) is 2. The smallest absolute Gasteiger partial charge is 0.00490 e. The maximum absolute atomic E-state index is 5.14. The summed E-state index contributed by atoms with van der Waals surface area (Å²) in [7, 11) is 0. The van der Waals surface area contributed by atoms with E-state index in [0.717, 1.165) is 6.54 Å². The van der Waals surface area contributed by atoms with E-state index in [1.54, 1.807) is 0 Å². The average molecular weight is 188 g/mol. The van der Waals surface area contributed by atoms with Crippen molar-refractivity contribution in [2.45, 2.75) is 52.9 Å². The molecule has 0 heterocycles. The van der Waals surface area contributed by atoms with E-state index in [0.29, 0.717) is 0 Å². The molecule has 0 rings (SSSR count). The summed E-state index contributed by atoms with van der Waals surface area (Å²) in [4.78, 5) is 0. The fourth-order valence-electron chi connectivity index (χ4n) is 0.808. The molecule has 0 aliphatic carbocycles. The Morgan fingerprint density at radius 3 is 1.77 bits per heavy atom. The van der Waals surface area contributed by atoms with E-state index in [-0.39, 0.29) is 0 Å². The molecule has 0 aliphatic rings. The SMILES string of the molecule is CCCCN.CCCCNCCC. The Balaban J connectivity index is 0.